The van der Waals surface area contributed by atoms with Crippen molar-refractivity contribution in [2.45, 2.75) is 195 Å². The summed E-state index contributed by atoms with van der Waals surface area (Å²) in [4.78, 5) is 15.6. The molecule has 3 nitrogen and oxygen atoms in total. The highest BCUT2D eigenvalue weighted by molar-refractivity contribution is 5.35. The average molecular weight is 654 g/mol. The maximum atomic E-state index is 5.25. The van der Waals surface area contributed by atoms with Gasteiger partial charge in [-0.05, 0) is 84.2 Å². The second kappa shape index (κ2) is 13.6. The van der Waals surface area contributed by atoms with E-state index in [1.807, 2.05) is 0 Å². The summed E-state index contributed by atoms with van der Waals surface area (Å²) in [5, 5.41) is 0. The van der Waals surface area contributed by atoms with E-state index in [2.05, 4.69) is 168 Å². The number of pyridine rings is 3. The van der Waals surface area contributed by atoms with Gasteiger partial charge < -0.3 is 0 Å². The quantitative estimate of drug-likeness (QED) is 0.255. The van der Waals surface area contributed by atoms with Crippen LogP contribution in [0.4, 0.5) is 0 Å². The van der Waals surface area contributed by atoms with Gasteiger partial charge in [0.15, 0.2) is 0 Å². The van der Waals surface area contributed by atoms with Crippen LogP contribution in [-0.4, -0.2) is 15.0 Å². The first-order valence-corrected chi connectivity index (χ1v) is 18.5. The highest BCUT2D eigenvalue weighted by Crippen LogP contribution is 2.39. The molecule has 0 spiro atoms. The van der Waals surface area contributed by atoms with Gasteiger partial charge in [0.25, 0.3) is 0 Å². The van der Waals surface area contributed by atoms with Crippen molar-refractivity contribution in [1.29, 1.82) is 0 Å². The molecule has 0 aliphatic heterocycles. The normalized spacial score (nSPS) is 15.1. The van der Waals surface area contributed by atoms with Gasteiger partial charge in [-0.2, -0.15) is 0 Å². The highest BCUT2D eigenvalue weighted by Gasteiger charge is 2.29. The molecular formula is C45H71N3. The molecule has 0 aliphatic carbocycles. The van der Waals surface area contributed by atoms with E-state index in [0.29, 0.717) is 11.8 Å². The molecule has 0 N–H and O–H groups in total. The van der Waals surface area contributed by atoms with Crippen molar-refractivity contribution in [3.05, 3.63) is 87.3 Å². The summed E-state index contributed by atoms with van der Waals surface area (Å²) in [5.41, 5.74) is 11.2. The molecule has 0 bridgehead atoms. The van der Waals surface area contributed by atoms with Gasteiger partial charge in [-0.3, -0.25) is 15.0 Å². The molecule has 0 aliphatic rings. The molecule has 0 amide bonds. The van der Waals surface area contributed by atoms with Gasteiger partial charge in [-0.1, -0.05) is 132 Å². The third kappa shape index (κ3) is 10.5. The molecule has 2 atom stereocenters. The summed E-state index contributed by atoms with van der Waals surface area (Å²) < 4.78 is 0. The molecule has 266 valence electrons. The van der Waals surface area contributed by atoms with E-state index in [4.69, 9.17) is 15.0 Å². The summed E-state index contributed by atoms with van der Waals surface area (Å²) in [7, 11) is 0. The second-order valence-electron chi connectivity index (χ2n) is 21.0. The van der Waals surface area contributed by atoms with Crippen LogP contribution < -0.4 is 0 Å². The van der Waals surface area contributed by atoms with Crippen molar-refractivity contribution in [3.8, 4) is 0 Å². The van der Waals surface area contributed by atoms with Crippen LogP contribution in [0.5, 0.6) is 0 Å². The maximum Gasteiger partial charge on any atom is 0.0463 e. The van der Waals surface area contributed by atoms with E-state index in [1.165, 1.54) is 50.9 Å². The molecule has 0 fully saturated rings. The topological polar surface area (TPSA) is 38.7 Å². The van der Waals surface area contributed by atoms with Crippen LogP contribution in [-0.2, 0) is 38.9 Å². The fraction of sp³-hybridized carbons (Fsp3) is 0.667. The van der Waals surface area contributed by atoms with Crippen LogP contribution in [0.2, 0.25) is 0 Å². The van der Waals surface area contributed by atoms with Gasteiger partial charge in [0.1, 0.15) is 0 Å². The number of rotatable bonds is 7. The van der Waals surface area contributed by atoms with Crippen LogP contribution >= 0.6 is 0 Å². The number of hydrogen-bond donors (Lipinski definition) is 0. The molecule has 3 rings (SSSR count). The van der Waals surface area contributed by atoms with Crippen LogP contribution in [0, 0.1) is 0 Å². The van der Waals surface area contributed by atoms with Crippen molar-refractivity contribution in [2.24, 2.45) is 0 Å². The van der Waals surface area contributed by atoms with Crippen molar-refractivity contribution in [3.63, 3.8) is 0 Å². The standard InChI is InChI=1S/C45H71N3/c1-29(32-25-36(42(8,9)10)47-37(26-32)43(11,12)13)22-31(33-27-38(44(14,15)16)48-39(28-33)45(17,18)19)21-20-30-23-34(40(2,3)4)46-35(24-30)41(5,6)7/h23-29,31H,20-22H2,1-19H3. The zero-order valence-corrected chi connectivity index (χ0v) is 34.6. The van der Waals surface area contributed by atoms with Crippen molar-refractivity contribution in [1.82, 2.24) is 15.0 Å². The minimum Gasteiger partial charge on any atom is -0.257 e. The Morgan fingerprint density at radius 1 is 0.417 bits per heavy atom. The lowest BCUT2D eigenvalue weighted by atomic mass is 9.78. The molecule has 3 aromatic heterocycles. The van der Waals surface area contributed by atoms with Crippen molar-refractivity contribution in [2.75, 3.05) is 0 Å². The third-order valence-electron chi connectivity index (χ3n) is 9.65. The van der Waals surface area contributed by atoms with Crippen molar-refractivity contribution >= 4 is 0 Å². The molecule has 3 aromatic rings. The average Bonchev–Trinajstić information content (AvgIpc) is 2.91. The number of aromatic nitrogens is 3. The predicted octanol–water partition coefficient (Wildman–Crippen LogP) is 12.6. The van der Waals surface area contributed by atoms with E-state index in [9.17, 15) is 0 Å². The zero-order valence-electron chi connectivity index (χ0n) is 34.6. The smallest absolute Gasteiger partial charge is 0.0463 e. The van der Waals surface area contributed by atoms with Gasteiger partial charge in [-0.25, -0.2) is 0 Å². The fourth-order valence-corrected chi connectivity index (χ4v) is 5.98. The van der Waals surface area contributed by atoms with Crippen molar-refractivity contribution < 1.29 is 0 Å². The Labute approximate surface area is 296 Å². The molecule has 2 unspecified atom stereocenters. The lowest BCUT2D eigenvalue weighted by Crippen LogP contribution is -2.22. The van der Waals surface area contributed by atoms with Crippen LogP contribution in [0.15, 0.2) is 36.4 Å². The van der Waals surface area contributed by atoms with Crippen LogP contribution in [0.1, 0.15) is 207 Å². The maximum absolute atomic E-state index is 5.25. The van der Waals surface area contributed by atoms with Crippen LogP contribution in [0.3, 0.4) is 0 Å². The Balaban J connectivity index is 2.19. The van der Waals surface area contributed by atoms with E-state index in [-0.39, 0.29) is 32.5 Å². The first kappa shape index (κ1) is 39.9. The lowest BCUT2D eigenvalue weighted by molar-refractivity contribution is 0.497. The fourth-order valence-electron chi connectivity index (χ4n) is 5.98. The van der Waals surface area contributed by atoms with Gasteiger partial charge in [0, 0.05) is 66.7 Å². The largest absolute Gasteiger partial charge is 0.257 e. The monoisotopic (exact) mass is 654 g/mol. The lowest BCUT2D eigenvalue weighted by Gasteiger charge is -2.30. The SMILES string of the molecule is CC(CC(CCc1cc(C(C)(C)C)nc(C(C)(C)C)c1)c1cc(C(C)(C)C)nc(C(C)(C)C)c1)c1cc(C(C)(C)C)nc(C(C)(C)C)c1. The third-order valence-corrected chi connectivity index (χ3v) is 9.65. The molecule has 0 saturated heterocycles. The Bertz CT molecular complexity index is 1450. The Morgan fingerprint density at radius 2 is 0.688 bits per heavy atom. The first-order valence-electron chi connectivity index (χ1n) is 18.5. The molecule has 48 heavy (non-hydrogen) atoms. The van der Waals surface area contributed by atoms with E-state index in [1.54, 1.807) is 0 Å². The Kier molecular flexibility index (Phi) is 11.3. The van der Waals surface area contributed by atoms with E-state index in [0.717, 1.165) is 19.3 Å². The first-order chi connectivity index (χ1) is 21.5. The summed E-state index contributed by atoms with van der Waals surface area (Å²) >= 11 is 0. The van der Waals surface area contributed by atoms with Gasteiger partial charge in [0.05, 0.1) is 0 Å². The predicted molar refractivity (Wildman–Crippen MR) is 209 cm³/mol. The summed E-state index contributed by atoms with van der Waals surface area (Å²) in [6.45, 7) is 43.6. The molecule has 3 heteroatoms. The number of hydrogen-bond acceptors (Lipinski definition) is 3. The summed E-state index contributed by atoms with van der Waals surface area (Å²) in [6.07, 6.45) is 3.15. The van der Waals surface area contributed by atoms with E-state index < -0.39 is 0 Å². The number of nitrogens with zero attached hydrogens (tertiary/aromatic N) is 3. The zero-order chi connectivity index (χ0) is 36.8. The Hall–Kier alpha value is -2.55. The highest BCUT2D eigenvalue weighted by atomic mass is 14.8. The number of aryl methyl sites for hydroxylation is 1. The van der Waals surface area contributed by atoms with E-state index >= 15 is 0 Å². The summed E-state index contributed by atoms with van der Waals surface area (Å²) in [6, 6.07) is 14.4. The molecular weight excluding hydrogens is 583 g/mol. The molecule has 0 aromatic carbocycles. The molecule has 0 saturated carbocycles. The minimum absolute atomic E-state index is 0.00485. The summed E-state index contributed by atoms with van der Waals surface area (Å²) in [5.74, 6) is 0.746. The second-order valence-corrected chi connectivity index (χ2v) is 21.0. The van der Waals surface area contributed by atoms with Gasteiger partial charge in [-0.15, -0.1) is 0 Å². The van der Waals surface area contributed by atoms with Crippen LogP contribution in [0.25, 0.3) is 0 Å². The molecule has 3 heterocycles. The van der Waals surface area contributed by atoms with Gasteiger partial charge in [0.2, 0.25) is 0 Å². The Morgan fingerprint density at radius 3 is 0.979 bits per heavy atom. The minimum atomic E-state index is -0.0329. The molecule has 0 radical (unpaired) electrons. The van der Waals surface area contributed by atoms with Gasteiger partial charge >= 0.3 is 0 Å².